The lowest BCUT2D eigenvalue weighted by atomic mass is 10.3. The molecule has 0 saturated heterocycles. The van der Waals surface area contributed by atoms with Gasteiger partial charge in [-0.15, -0.1) is 0 Å². The lowest BCUT2D eigenvalue weighted by Crippen LogP contribution is -2.10. The van der Waals surface area contributed by atoms with Crippen LogP contribution in [0.25, 0.3) is 0 Å². The summed E-state index contributed by atoms with van der Waals surface area (Å²) >= 11 is 1.98. The molecule has 0 aliphatic carbocycles. The van der Waals surface area contributed by atoms with E-state index in [0.717, 1.165) is 9.83 Å². The van der Waals surface area contributed by atoms with E-state index in [1.807, 2.05) is 22.6 Å². The highest BCUT2D eigenvalue weighted by Gasteiger charge is 2.05. The van der Waals surface area contributed by atoms with Gasteiger partial charge in [0.1, 0.15) is 5.75 Å². The Hall–Kier alpha value is -0.500. The number of aromatic hydroxyl groups is 1. The highest BCUT2D eigenvalue weighted by atomic mass is 127. The fourth-order valence-electron chi connectivity index (χ4n) is 0.791. The summed E-state index contributed by atoms with van der Waals surface area (Å²) in [6.07, 6.45) is 1.06. The quantitative estimate of drug-likeness (QED) is 0.811. The molecule has 0 radical (unpaired) electrons. The van der Waals surface area contributed by atoms with Crippen LogP contribution in [0.2, 0.25) is 0 Å². The third kappa shape index (κ3) is 3.39. The molecular weight excluding hydrogens is 305 g/mol. The molecule has 0 aliphatic heterocycles. The van der Waals surface area contributed by atoms with Crippen LogP contribution in [0.4, 0.5) is 5.69 Å². The minimum atomic E-state index is -3.28. The molecule has 0 atom stereocenters. The van der Waals surface area contributed by atoms with E-state index in [4.69, 9.17) is 5.11 Å². The molecule has 1 rings (SSSR count). The van der Waals surface area contributed by atoms with Gasteiger partial charge in [0.15, 0.2) is 0 Å². The molecule has 0 spiro atoms. The number of benzene rings is 1. The van der Waals surface area contributed by atoms with Crippen molar-refractivity contribution in [2.75, 3.05) is 11.0 Å². The van der Waals surface area contributed by atoms with Crippen LogP contribution in [-0.4, -0.2) is 19.8 Å². The molecule has 0 aliphatic rings. The molecule has 0 amide bonds. The van der Waals surface area contributed by atoms with Crippen LogP contribution in [0, 0.1) is 3.57 Å². The van der Waals surface area contributed by atoms with Crippen molar-refractivity contribution in [1.29, 1.82) is 0 Å². The summed E-state index contributed by atoms with van der Waals surface area (Å²) in [7, 11) is -3.28. The number of phenols is 1. The minimum Gasteiger partial charge on any atom is -0.508 e. The zero-order valence-electron chi connectivity index (χ0n) is 6.78. The lowest BCUT2D eigenvalue weighted by molar-refractivity contribution is 0.475. The van der Waals surface area contributed by atoms with Crippen molar-refractivity contribution >= 4 is 38.3 Å². The van der Waals surface area contributed by atoms with Gasteiger partial charge in [-0.3, -0.25) is 4.72 Å². The summed E-state index contributed by atoms with van der Waals surface area (Å²) in [5.41, 5.74) is 0.392. The van der Waals surface area contributed by atoms with Crippen molar-refractivity contribution in [2.24, 2.45) is 0 Å². The Bertz CT molecular complexity index is 416. The second kappa shape index (κ2) is 3.70. The van der Waals surface area contributed by atoms with E-state index < -0.39 is 10.0 Å². The summed E-state index contributed by atoms with van der Waals surface area (Å²) in [6.45, 7) is 0. The Balaban J connectivity index is 3.08. The Labute approximate surface area is 90.2 Å². The van der Waals surface area contributed by atoms with Gasteiger partial charge in [-0.25, -0.2) is 8.42 Å². The maximum Gasteiger partial charge on any atom is 0.229 e. The number of hydrogen-bond donors (Lipinski definition) is 2. The van der Waals surface area contributed by atoms with Gasteiger partial charge < -0.3 is 5.11 Å². The summed E-state index contributed by atoms with van der Waals surface area (Å²) in [6, 6.07) is 4.49. The molecular formula is C7H8INO3S. The fraction of sp³-hybridized carbons (Fsp3) is 0.143. The molecule has 1 aromatic rings. The predicted molar refractivity (Wildman–Crippen MR) is 59.3 cm³/mol. The van der Waals surface area contributed by atoms with Crippen LogP contribution in [0.5, 0.6) is 5.75 Å². The molecule has 13 heavy (non-hydrogen) atoms. The smallest absolute Gasteiger partial charge is 0.229 e. The third-order valence-corrected chi connectivity index (χ3v) is 2.78. The molecule has 0 saturated carbocycles. The second-order valence-electron chi connectivity index (χ2n) is 2.54. The van der Waals surface area contributed by atoms with Crippen molar-refractivity contribution in [3.05, 3.63) is 21.8 Å². The van der Waals surface area contributed by atoms with E-state index in [1.165, 1.54) is 12.1 Å². The number of phenolic OH excluding ortho intramolecular Hbond substituents is 1. The predicted octanol–water partition coefficient (Wildman–Crippen LogP) is 1.37. The number of nitrogens with one attached hydrogen (secondary N) is 1. The average Bonchev–Trinajstić information content (AvgIpc) is 1.94. The number of rotatable bonds is 2. The molecule has 0 aromatic heterocycles. The first kappa shape index (κ1) is 10.6. The topological polar surface area (TPSA) is 66.4 Å². The van der Waals surface area contributed by atoms with Crippen molar-refractivity contribution in [3.63, 3.8) is 0 Å². The molecule has 6 heteroatoms. The summed E-state index contributed by atoms with van der Waals surface area (Å²) in [5.74, 6) is 0.0339. The molecule has 0 fully saturated rings. The summed E-state index contributed by atoms with van der Waals surface area (Å²) in [4.78, 5) is 0. The van der Waals surface area contributed by atoms with Crippen molar-refractivity contribution in [2.45, 2.75) is 0 Å². The van der Waals surface area contributed by atoms with Crippen LogP contribution in [-0.2, 0) is 10.0 Å². The van der Waals surface area contributed by atoms with Gasteiger partial charge >= 0.3 is 0 Å². The van der Waals surface area contributed by atoms with Gasteiger partial charge in [0, 0.05) is 9.64 Å². The molecule has 1 aromatic carbocycles. The van der Waals surface area contributed by atoms with Crippen LogP contribution in [0.3, 0.4) is 0 Å². The van der Waals surface area contributed by atoms with Crippen molar-refractivity contribution in [1.82, 2.24) is 0 Å². The highest BCUT2D eigenvalue weighted by Crippen LogP contribution is 2.23. The van der Waals surface area contributed by atoms with Gasteiger partial charge in [0.2, 0.25) is 10.0 Å². The first-order valence-electron chi connectivity index (χ1n) is 3.35. The van der Waals surface area contributed by atoms with Crippen molar-refractivity contribution in [3.8, 4) is 5.75 Å². The Kier molecular flexibility index (Phi) is 3.01. The van der Waals surface area contributed by atoms with E-state index in [-0.39, 0.29) is 5.75 Å². The van der Waals surface area contributed by atoms with Crippen LogP contribution < -0.4 is 4.72 Å². The van der Waals surface area contributed by atoms with E-state index in [0.29, 0.717) is 5.69 Å². The van der Waals surface area contributed by atoms with Crippen molar-refractivity contribution < 1.29 is 13.5 Å². The lowest BCUT2D eigenvalue weighted by Gasteiger charge is -2.06. The Morgan fingerprint density at radius 2 is 2.08 bits per heavy atom. The number of hydrogen-bond acceptors (Lipinski definition) is 3. The number of anilines is 1. The van der Waals surface area contributed by atoms with Crippen LogP contribution >= 0.6 is 22.6 Å². The molecule has 4 nitrogen and oxygen atoms in total. The van der Waals surface area contributed by atoms with Gasteiger partial charge in [-0.05, 0) is 34.7 Å². The fourth-order valence-corrected chi connectivity index (χ4v) is 2.01. The average molecular weight is 313 g/mol. The third-order valence-electron chi connectivity index (χ3n) is 1.25. The standard InChI is InChI=1S/C7H8INO3S/c1-13(11,12)9-7-4-5(10)2-3-6(7)8/h2-4,9-10H,1H3. The normalized spacial score (nSPS) is 11.2. The first-order chi connectivity index (χ1) is 5.88. The van der Waals surface area contributed by atoms with Crippen LogP contribution in [0.1, 0.15) is 0 Å². The SMILES string of the molecule is CS(=O)(=O)Nc1cc(O)ccc1I. The molecule has 72 valence electrons. The van der Waals surface area contributed by atoms with Gasteiger partial charge in [-0.1, -0.05) is 0 Å². The molecule has 2 N–H and O–H groups in total. The number of sulfonamides is 1. The molecule has 0 heterocycles. The van der Waals surface area contributed by atoms with Crippen LogP contribution in [0.15, 0.2) is 18.2 Å². The molecule has 0 unspecified atom stereocenters. The van der Waals surface area contributed by atoms with E-state index >= 15 is 0 Å². The van der Waals surface area contributed by atoms with Gasteiger partial charge in [0.05, 0.1) is 11.9 Å². The summed E-state index contributed by atoms with van der Waals surface area (Å²) < 4.78 is 24.8. The van der Waals surface area contributed by atoms with Gasteiger partial charge in [-0.2, -0.15) is 0 Å². The maximum absolute atomic E-state index is 10.9. The van der Waals surface area contributed by atoms with E-state index in [9.17, 15) is 8.42 Å². The maximum atomic E-state index is 10.9. The zero-order valence-corrected chi connectivity index (χ0v) is 9.76. The molecule has 0 bridgehead atoms. The minimum absolute atomic E-state index is 0.0339. The second-order valence-corrected chi connectivity index (χ2v) is 5.45. The largest absolute Gasteiger partial charge is 0.508 e. The van der Waals surface area contributed by atoms with Gasteiger partial charge in [0.25, 0.3) is 0 Å². The Morgan fingerprint density at radius 3 is 2.62 bits per heavy atom. The Morgan fingerprint density at radius 1 is 1.46 bits per heavy atom. The monoisotopic (exact) mass is 313 g/mol. The zero-order chi connectivity index (χ0) is 10.1. The van der Waals surface area contributed by atoms with E-state index in [1.54, 1.807) is 6.07 Å². The highest BCUT2D eigenvalue weighted by molar-refractivity contribution is 14.1. The first-order valence-corrected chi connectivity index (χ1v) is 6.32. The number of halogens is 1. The summed E-state index contributed by atoms with van der Waals surface area (Å²) in [5, 5.41) is 9.10. The van der Waals surface area contributed by atoms with E-state index in [2.05, 4.69) is 4.72 Å².